The molecular weight excluding hydrogens is 222 g/mol. The van der Waals surface area contributed by atoms with Gasteiger partial charge in [-0.2, -0.15) is 0 Å². The lowest BCUT2D eigenvalue weighted by Gasteiger charge is -2.36. The summed E-state index contributed by atoms with van der Waals surface area (Å²) in [5.41, 5.74) is 0. The Hall–Kier alpha value is -0.940. The van der Waals surface area contributed by atoms with E-state index in [4.69, 9.17) is 4.74 Å². The SMILES string of the molecule is O=C1C2CCC(O2)C(=O)N1C1CCCC1CO. The normalized spacial score (nSPS) is 41.4. The van der Waals surface area contributed by atoms with Crippen LogP contribution in [0.25, 0.3) is 0 Å². The third kappa shape index (κ3) is 1.60. The molecule has 1 N–H and O–H groups in total. The fourth-order valence-electron chi connectivity index (χ4n) is 3.32. The molecule has 3 rings (SSSR count). The van der Waals surface area contributed by atoms with Crippen molar-refractivity contribution in [3.8, 4) is 0 Å². The minimum absolute atomic E-state index is 0.0535. The van der Waals surface area contributed by atoms with E-state index in [-0.39, 0.29) is 30.4 Å². The zero-order valence-electron chi connectivity index (χ0n) is 9.67. The number of amides is 2. The van der Waals surface area contributed by atoms with E-state index in [1.807, 2.05) is 0 Å². The van der Waals surface area contributed by atoms with Gasteiger partial charge in [0.15, 0.2) is 0 Å². The molecule has 2 saturated heterocycles. The number of imide groups is 1. The molecule has 0 aromatic heterocycles. The Morgan fingerprint density at radius 1 is 1.12 bits per heavy atom. The lowest BCUT2D eigenvalue weighted by atomic mass is 10.0. The Morgan fingerprint density at radius 3 is 2.35 bits per heavy atom. The number of rotatable bonds is 2. The molecule has 0 aromatic rings. The number of ether oxygens (including phenoxy) is 1. The number of carbonyl (C=O) groups excluding carboxylic acids is 2. The molecule has 1 aliphatic carbocycles. The van der Waals surface area contributed by atoms with E-state index in [2.05, 4.69) is 0 Å². The van der Waals surface area contributed by atoms with Crippen LogP contribution in [0.2, 0.25) is 0 Å². The molecule has 5 nitrogen and oxygen atoms in total. The predicted octanol–water partition coefficient (Wildman–Crippen LogP) is 0.0638. The minimum Gasteiger partial charge on any atom is -0.396 e. The lowest BCUT2D eigenvalue weighted by molar-refractivity contribution is -0.172. The van der Waals surface area contributed by atoms with Crippen molar-refractivity contribution in [1.82, 2.24) is 4.90 Å². The topological polar surface area (TPSA) is 66.8 Å². The summed E-state index contributed by atoms with van der Waals surface area (Å²) < 4.78 is 5.38. The van der Waals surface area contributed by atoms with E-state index in [9.17, 15) is 14.7 Å². The zero-order valence-corrected chi connectivity index (χ0v) is 9.67. The first-order chi connectivity index (χ1) is 8.22. The monoisotopic (exact) mass is 239 g/mol. The van der Waals surface area contributed by atoms with E-state index >= 15 is 0 Å². The fraction of sp³-hybridized carbons (Fsp3) is 0.833. The van der Waals surface area contributed by atoms with Crippen molar-refractivity contribution in [2.24, 2.45) is 5.92 Å². The minimum atomic E-state index is -0.419. The molecule has 0 radical (unpaired) electrons. The predicted molar refractivity (Wildman–Crippen MR) is 58.0 cm³/mol. The van der Waals surface area contributed by atoms with E-state index in [1.165, 1.54) is 4.90 Å². The molecule has 1 saturated carbocycles. The van der Waals surface area contributed by atoms with Gasteiger partial charge in [-0.25, -0.2) is 0 Å². The highest BCUT2D eigenvalue weighted by Crippen LogP contribution is 2.36. The first-order valence-electron chi connectivity index (χ1n) is 6.35. The van der Waals surface area contributed by atoms with Crippen LogP contribution in [0.3, 0.4) is 0 Å². The van der Waals surface area contributed by atoms with Crippen LogP contribution < -0.4 is 0 Å². The molecule has 2 heterocycles. The van der Waals surface area contributed by atoms with E-state index in [0.29, 0.717) is 12.8 Å². The van der Waals surface area contributed by atoms with Gasteiger partial charge < -0.3 is 9.84 Å². The first-order valence-corrected chi connectivity index (χ1v) is 6.35. The molecule has 94 valence electrons. The van der Waals surface area contributed by atoms with Crippen LogP contribution >= 0.6 is 0 Å². The van der Waals surface area contributed by atoms with Gasteiger partial charge in [-0.1, -0.05) is 6.42 Å². The van der Waals surface area contributed by atoms with Crippen molar-refractivity contribution in [2.75, 3.05) is 6.61 Å². The van der Waals surface area contributed by atoms with Gasteiger partial charge in [-0.15, -0.1) is 0 Å². The summed E-state index contributed by atoms with van der Waals surface area (Å²) in [6.45, 7) is 0.0535. The maximum absolute atomic E-state index is 12.1. The van der Waals surface area contributed by atoms with Crippen LogP contribution in [0.15, 0.2) is 0 Å². The smallest absolute Gasteiger partial charge is 0.258 e. The fourth-order valence-corrected chi connectivity index (χ4v) is 3.32. The number of aliphatic hydroxyl groups excluding tert-OH is 1. The Balaban J connectivity index is 1.86. The van der Waals surface area contributed by atoms with Gasteiger partial charge in [-0.05, 0) is 25.7 Å². The third-order valence-corrected chi connectivity index (χ3v) is 4.23. The summed E-state index contributed by atoms with van der Waals surface area (Å²) in [7, 11) is 0. The van der Waals surface area contributed by atoms with Gasteiger partial charge in [0.05, 0.1) is 0 Å². The molecule has 3 aliphatic rings. The van der Waals surface area contributed by atoms with Crippen molar-refractivity contribution in [3.63, 3.8) is 0 Å². The molecule has 4 unspecified atom stereocenters. The van der Waals surface area contributed by atoms with Gasteiger partial charge in [0, 0.05) is 18.6 Å². The molecule has 4 atom stereocenters. The summed E-state index contributed by atoms with van der Waals surface area (Å²) >= 11 is 0. The second-order valence-electron chi connectivity index (χ2n) is 5.18. The van der Waals surface area contributed by atoms with Crippen molar-refractivity contribution < 1.29 is 19.4 Å². The summed E-state index contributed by atoms with van der Waals surface area (Å²) in [6, 6.07) is -0.105. The van der Waals surface area contributed by atoms with Crippen LogP contribution in [-0.2, 0) is 14.3 Å². The number of hydrogen-bond donors (Lipinski definition) is 1. The quantitative estimate of drug-likeness (QED) is 0.692. The highest BCUT2D eigenvalue weighted by atomic mass is 16.5. The Morgan fingerprint density at radius 2 is 1.76 bits per heavy atom. The highest BCUT2D eigenvalue weighted by molar-refractivity contribution is 6.02. The Bertz CT molecular complexity index is 334. The summed E-state index contributed by atoms with van der Waals surface area (Å²) in [5, 5.41) is 9.31. The van der Waals surface area contributed by atoms with E-state index in [0.717, 1.165) is 19.3 Å². The van der Waals surface area contributed by atoms with E-state index < -0.39 is 12.2 Å². The maximum Gasteiger partial charge on any atom is 0.258 e. The number of likely N-dealkylation sites (tertiary alicyclic amines) is 1. The van der Waals surface area contributed by atoms with Gasteiger partial charge >= 0.3 is 0 Å². The standard InChI is InChI=1S/C12H17NO4/c14-6-7-2-1-3-8(7)13-11(15)9-4-5-10(17-9)12(13)16/h7-10,14H,1-6H2. The van der Waals surface area contributed by atoms with Gasteiger partial charge in [0.25, 0.3) is 11.8 Å². The molecule has 0 spiro atoms. The van der Waals surface area contributed by atoms with Crippen molar-refractivity contribution in [3.05, 3.63) is 0 Å². The average Bonchev–Trinajstić information content (AvgIpc) is 2.95. The number of morpholine rings is 1. The molecule has 2 aliphatic heterocycles. The molecular formula is C12H17NO4. The summed E-state index contributed by atoms with van der Waals surface area (Å²) in [4.78, 5) is 25.7. The molecule has 3 fully saturated rings. The van der Waals surface area contributed by atoms with Crippen molar-refractivity contribution >= 4 is 11.8 Å². The molecule has 2 amide bonds. The second kappa shape index (κ2) is 4.07. The number of carbonyl (C=O) groups is 2. The van der Waals surface area contributed by atoms with Crippen molar-refractivity contribution in [2.45, 2.75) is 50.4 Å². The van der Waals surface area contributed by atoms with Crippen LogP contribution in [0, 0.1) is 5.92 Å². The van der Waals surface area contributed by atoms with Crippen LogP contribution in [0.5, 0.6) is 0 Å². The molecule has 17 heavy (non-hydrogen) atoms. The maximum atomic E-state index is 12.1. The number of aliphatic hydroxyl groups is 1. The number of nitrogens with zero attached hydrogens (tertiary/aromatic N) is 1. The number of fused-ring (bicyclic) bond motifs is 2. The summed E-state index contributed by atoms with van der Waals surface area (Å²) in [5.74, 6) is -0.316. The second-order valence-corrected chi connectivity index (χ2v) is 5.18. The molecule has 0 aromatic carbocycles. The van der Waals surface area contributed by atoms with Crippen molar-refractivity contribution in [1.29, 1.82) is 0 Å². The summed E-state index contributed by atoms with van der Waals surface area (Å²) in [6.07, 6.45) is 3.17. The Kier molecular flexibility index (Phi) is 2.67. The Labute approximate surface area is 99.7 Å². The van der Waals surface area contributed by atoms with Gasteiger partial charge in [0.1, 0.15) is 12.2 Å². The third-order valence-electron chi connectivity index (χ3n) is 4.23. The largest absolute Gasteiger partial charge is 0.396 e. The highest BCUT2D eigenvalue weighted by Gasteiger charge is 2.50. The molecule has 5 heteroatoms. The zero-order chi connectivity index (χ0) is 12.0. The van der Waals surface area contributed by atoms with Crippen LogP contribution in [0.4, 0.5) is 0 Å². The van der Waals surface area contributed by atoms with Gasteiger partial charge in [0.2, 0.25) is 0 Å². The van der Waals surface area contributed by atoms with E-state index in [1.54, 1.807) is 0 Å². The van der Waals surface area contributed by atoms with Crippen LogP contribution in [-0.4, -0.2) is 46.7 Å². The first kappa shape index (κ1) is 11.2. The average molecular weight is 239 g/mol. The molecule has 2 bridgehead atoms. The number of hydrogen-bond acceptors (Lipinski definition) is 4. The lowest BCUT2D eigenvalue weighted by Crippen LogP contribution is -2.57. The van der Waals surface area contributed by atoms with Gasteiger partial charge in [-0.3, -0.25) is 14.5 Å². The van der Waals surface area contributed by atoms with Crippen LogP contribution in [0.1, 0.15) is 32.1 Å².